The molecule has 0 aromatic heterocycles. The lowest BCUT2D eigenvalue weighted by molar-refractivity contribution is -0.140. The van der Waals surface area contributed by atoms with Gasteiger partial charge in [0.1, 0.15) is 12.6 Å². The average Bonchev–Trinajstić information content (AvgIpc) is 2.91. The van der Waals surface area contributed by atoms with Crippen molar-refractivity contribution in [1.82, 2.24) is 10.2 Å². The molecule has 0 fully saturated rings. The number of benzene rings is 3. The fraction of sp³-hybridized carbons (Fsp3) is 0.310. The molecule has 0 aliphatic rings. The van der Waals surface area contributed by atoms with Gasteiger partial charge in [0.05, 0.1) is 10.6 Å². The number of rotatable bonds is 12. The van der Waals surface area contributed by atoms with E-state index in [2.05, 4.69) is 5.32 Å². The Morgan fingerprint density at radius 2 is 1.44 bits per heavy atom. The minimum absolute atomic E-state index is 0.00469. The molecule has 10 heteroatoms. The highest BCUT2D eigenvalue weighted by Crippen LogP contribution is 2.30. The number of carbonyl (C=O) groups is 2. The summed E-state index contributed by atoms with van der Waals surface area (Å²) in [7, 11) is -4.20. The first kappa shape index (κ1) is 30.5. The SMILES string of the molecule is CC[C@@H](C)NC(=O)[C@@H](CC)N(Cc1ccccc1)C(=O)CN(c1cc(Cl)cc(Cl)c1)S(=O)(=O)c1ccccc1. The molecule has 0 saturated heterocycles. The van der Waals surface area contributed by atoms with Gasteiger partial charge in [0.15, 0.2) is 0 Å². The van der Waals surface area contributed by atoms with E-state index < -0.39 is 28.5 Å². The van der Waals surface area contributed by atoms with Crippen LogP contribution >= 0.6 is 23.2 Å². The van der Waals surface area contributed by atoms with Crippen LogP contribution in [0.25, 0.3) is 0 Å². The number of nitrogens with one attached hydrogen (secondary N) is 1. The molecule has 3 rings (SSSR count). The molecular weight excluding hydrogens is 557 g/mol. The van der Waals surface area contributed by atoms with Gasteiger partial charge in [-0.1, -0.05) is 85.6 Å². The van der Waals surface area contributed by atoms with Crippen LogP contribution in [-0.4, -0.2) is 43.8 Å². The highest BCUT2D eigenvalue weighted by Gasteiger charge is 2.34. The largest absolute Gasteiger partial charge is 0.352 e. The van der Waals surface area contributed by atoms with E-state index in [0.29, 0.717) is 6.42 Å². The van der Waals surface area contributed by atoms with Gasteiger partial charge >= 0.3 is 0 Å². The molecule has 0 saturated carbocycles. The summed E-state index contributed by atoms with van der Waals surface area (Å²) in [6.07, 6.45) is 1.07. The molecule has 39 heavy (non-hydrogen) atoms. The number of carbonyl (C=O) groups excluding carboxylic acids is 2. The molecule has 1 N–H and O–H groups in total. The number of hydrogen-bond acceptors (Lipinski definition) is 4. The lowest BCUT2D eigenvalue weighted by Gasteiger charge is -2.33. The van der Waals surface area contributed by atoms with Crippen molar-refractivity contribution in [1.29, 1.82) is 0 Å². The lowest BCUT2D eigenvalue weighted by Crippen LogP contribution is -2.53. The molecule has 0 aliphatic carbocycles. The van der Waals surface area contributed by atoms with Crippen LogP contribution < -0.4 is 9.62 Å². The Bertz CT molecular complexity index is 1350. The third-order valence-electron chi connectivity index (χ3n) is 6.33. The number of hydrogen-bond donors (Lipinski definition) is 1. The normalized spacial score (nSPS) is 12.8. The summed E-state index contributed by atoms with van der Waals surface area (Å²) in [4.78, 5) is 28.7. The molecule has 7 nitrogen and oxygen atoms in total. The summed E-state index contributed by atoms with van der Waals surface area (Å²) in [5.74, 6) is -0.833. The maximum absolute atomic E-state index is 14.0. The van der Waals surface area contributed by atoms with Crippen molar-refractivity contribution in [3.05, 3.63) is 94.5 Å². The van der Waals surface area contributed by atoms with Gasteiger partial charge in [0, 0.05) is 22.6 Å². The predicted molar refractivity (Wildman–Crippen MR) is 156 cm³/mol. The van der Waals surface area contributed by atoms with Gasteiger partial charge in [-0.15, -0.1) is 0 Å². The van der Waals surface area contributed by atoms with E-state index in [-0.39, 0.29) is 39.1 Å². The molecular formula is C29H33Cl2N3O4S. The lowest BCUT2D eigenvalue weighted by atomic mass is 10.1. The van der Waals surface area contributed by atoms with Crippen LogP contribution in [0.3, 0.4) is 0 Å². The van der Waals surface area contributed by atoms with Gasteiger partial charge < -0.3 is 10.2 Å². The molecule has 2 atom stereocenters. The molecule has 0 aliphatic heterocycles. The number of nitrogens with zero attached hydrogens (tertiary/aromatic N) is 2. The topological polar surface area (TPSA) is 86.8 Å². The van der Waals surface area contributed by atoms with E-state index in [1.807, 2.05) is 51.1 Å². The Morgan fingerprint density at radius 1 is 0.872 bits per heavy atom. The van der Waals surface area contributed by atoms with Gasteiger partial charge in [-0.3, -0.25) is 13.9 Å². The van der Waals surface area contributed by atoms with Crippen LogP contribution in [-0.2, 0) is 26.2 Å². The smallest absolute Gasteiger partial charge is 0.264 e. The summed E-state index contributed by atoms with van der Waals surface area (Å²) in [6.45, 7) is 5.24. The molecule has 3 aromatic carbocycles. The zero-order chi connectivity index (χ0) is 28.6. The molecule has 0 bridgehead atoms. The minimum Gasteiger partial charge on any atom is -0.352 e. The van der Waals surface area contributed by atoms with E-state index in [1.54, 1.807) is 18.2 Å². The molecule has 3 aromatic rings. The van der Waals surface area contributed by atoms with Crippen molar-refractivity contribution in [2.75, 3.05) is 10.8 Å². The average molecular weight is 591 g/mol. The summed E-state index contributed by atoms with van der Waals surface area (Å²) < 4.78 is 28.6. The van der Waals surface area contributed by atoms with E-state index in [1.165, 1.54) is 35.2 Å². The van der Waals surface area contributed by atoms with E-state index in [4.69, 9.17) is 23.2 Å². The molecule has 208 valence electrons. The van der Waals surface area contributed by atoms with Crippen LogP contribution in [0.1, 0.15) is 39.2 Å². The van der Waals surface area contributed by atoms with Gasteiger partial charge in [-0.25, -0.2) is 8.42 Å². The second kappa shape index (κ2) is 13.8. The summed E-state index contributed by atoms with van der Waals surface area (Å²) in [6, 6.07) is 20.6. The van der Waals surface area contributed by atoms with Gasteiger partial charge in [-0.2, -0.15) is 0 Å². The Balaban J connectivity index is 2.06. The Hall–Kier alpha value is -3.07. The highest BCUT2D eigenvalue weighted by molar-refractivity contribution is 7.92. The van der Waals surface area contributed by atoms with Crippen molar-refractivity contribution in [2.45, 2.75) is 57.1 Å². The fourth-order valence-electron chi connectivity index (χ4n) is 4.07. The van der Waals surface area contributed by atoms with Gasteiger partial charge in [-0.05, 0) is 55.7 Å². The third-order valence-corrected chi connectivity index (χ3v) is 8.55. The Kier molecular flexibility index (Phi) is 10.8. The predicted octanol–water partition coefficient (Wildman–Crippen LogP) is 5.91. The van der Waals surface area contributed by atoms with Crippen LogP contribution in [0.2, 0.25) is 10.0 Å². The van der Waals surface area contributed by atoms with Gasteiger partial charge in [0.2, 0.25) is 11.8 Å². The van der Waals surface area contributed by atoms with Crippen LogP contribution in [0.4, 0.5) is 5.69 Å². The van der Waals surface area contributed by atoms with Crippen molar-refractivity contribution in [3.8, 4) is 0 Å². The number of anilines is 1. The second-order valence-corrected chi connectivity index (χ2v) is 11.9. The molecule has 0 heterocycles. The van der Waals surface area contributed by atoms with Crippen molar-refractivity contribution >= 4 is 50.7 Å². The summed E-state index contributed by atoms with van der Waals surface area (Å²) in [5, 5.41) is 3.40. The van der Waals surface area contributed by atoms with Crippen molar-refractivity contribution < 1.29 is 18.0 Å². The number of amides is 2. The van der Waals surface area contributed by atoms with Crippen molar-refractivity contribution in [2.24, 2.45) is 0 Å². The maximum atomic E-state index is 14.0. The first-order valence-electron chi connectivity index (χ1n) is 12.7. The first-order chi connectivity index (χ1) is 18.6. The van der Waals surface area contributed by atoms with Crippen LogP contribution in [0.15, 0.2) is 83.8 Å². The monoisotopic (exact) mass is 589 g/mol. The first-order valence-corrected chi connectivity index (χ1v) is 14.9. The van der Waals surface area contributed by atoms with Crippen molar-refractivity contribution in [3.63, 3.8) is 0 Å². The Labute approximate surface area is 240 Å². The number of halogens is 2. The standard InChI is InChI=1S/C29H33Cl2N3O4S/c1-4-21(3)32-29(36)27(5-2)33(19-22-12-8-6-9-13-22)28(35)20-34(25-17-23(30)16-24(31)18-25)39(37,38)26-14-10-7-11-15-26/h6-18,21,27H,4-5,19-20H2,1-3H3,(H,32,36)/t21-,27-/m1/s1. The highest BCUT2D eigenvalue weighted by atomic mass is 35.5. The van der Waals surface area contributed by atoms with Crippen LogP contribution in [0, 0.1) is 0 Å². The zero-order valence-electron chi connectivity index (χ0n) is 22.2. The molecule has 2 amide bonds. The third kappa shape index (κ3) is 7.97. The quantitative estimate of drug-likeness (QED) is 0.284. The summed E-state index contributed by atoms with van der Waals surface area (Å²) in [5.41, 5.74) is 0.949. The van der Waals surface area contributed by atoms with E-state index in [9.17, 15) is 18.0 Å². The van der Waals surface area contributed by atoms with Crippen LogP contribution in [0.5, 0.6) is 0 Å². The molecule has 0 spiro atoms. The van der Waals surface area contributed by atoms with E-state index >= 15 is 0 Å². The van der Waals surface area contributed by atoms with E-state index in [0.717, 1.165) is 16.3 Å². The second-order valence-electron chi connectivity index (χ2n) is 9.20. The molecule has 0 radical (unpaired) electrons. The Morgan fingerprint density at radius 3 is 1.97 bits per heavy atom. The number of sulfonamides is 1. The minimum atomic E-state index is -4.20. The molecule has 0 unspecified atom stereocenters. The fourth-order valence-corrected chi connectivity index (χ4v) is 6.01. The zero-order valence-corrected chi connectivity index (χ0v) is 24.5. The maximum Gasteiger partial charge on any atom is 0.264 e. The van der Waals surface area contributed by atoms with Gasteiger partial charge in [0.25, 0.3) is 10.0 Å². The summed E-state index contributed by atoms with van der Waals surface area (Å²) >= 11 is 12.4.